The van der Waals surface area contributed by atoms with Crippen molar-refractivity contribution in [2.45, 2.75) is 31.8 Å². The first kappa shape index (κ1) is 11.9. The number of benzene rings is 1. The van der Waals surface area contributed by atoms with Crippen LogP contribution in [0.15, 0.2) is 18.2 Å². The zero-order chi connectivity index (χ0) is 12.5. The lowest BCUT2D eigenvalue weighted by Gasteiger charge is -2.21. The number of carbonyl (C=O) groups excluding carboxylic acids is 1. The van der Waals surface area contributed by atoms with Gasteiger partial charge >= 0.3 is 0 Å². The molecule has 1 heterocycles. The highest BCUT2D eigenvalue weighted by molar-refractivity contribution is 5.99. The van der Waals surface area contributed by atoms with Crippen LogP contribution >= 0.6 is 0 Å². The number of Topliss-reactive ketones (excluding diaryl/α,β-unsaturated/α-hetero) is 1. The molecule has 96 valence electrons. The maximum absolute atomic E-state index is 12.5. The van der Waals surface area contributed by atoms with Crippen LogP contribution in [0.5, 0.6) is 0 Å². The standard InChI is InChI=1S/C15H18O3/c16-14-5-4-11-12(14)2-1-3-13(11)15(17)10-6-8-18-9-7-10/h1-3,10,14,16H,4-9H2. The molecule has 1 unspecified atom stereocenters. The average molecular weight is 246 g/mol. The van der Waals surface area contributed by atoms with Crippen LogP contribution in [0, 0.1) is 5.92 Å². The molecule has 1 saturated heterocycles. The van der Waals surface area contributed by atoms with E-state index in [2.05, 4.69) is 0 Å². The van der Waals surface area contributed by atoms with Crippen molar-refractivity contribution in [2.75, 3.05) is 13.2 Å². The van der Waals surface area contributed by atoms with E-state index in [-0.39, 0.29) is 17.8 Å². The van der Waals surface area contributed by atoms with Gasteiger partial charge in [0.25, 0.3) is 0 Å². The molecule has 1 N–H and O–H groups in total. The van der Waals surface area contributed by atoms with Crippen LogP contribution in [-0.4, -0.2) is 24.1 Å². The third-order valence-corrected chi connectivity index (χ3v) is 4.10. The average Bonchev–Trinajstić information content (AvgIpc) is 2.81. The second-order valence-electron chi connectivity index (χ2n) is 5.18. The fraction of sp³-hybridized carbons (Fsp3) is 0.533. The van der Waals surface area contributed by atoms with Crippen molar-refractivity contribution in [3.05, 3.63) is 34.9 Å². The van der Waals surface area contributed by atoms with Gasteiger partial charge in [0.15, 0.2) is 5.78 Å². The minimum absolute atomic E-state index is 0.1000. The lowest BCUT2D eigenvalue weighted by Crippen LogP contribution is -2.24. The molecule has 1 aliphatic carbocycles. The fourth-order valence-electron chi connectivity index (χ4n) is 3.04. The molecule has 0 radical (unpaired) electrons. The van der Waals surface area contributed by atoms with Gasteiger partial charge < -0.3 is 9.84 Å². The lowest BCUT2D eigenvalue weighted by atomic mass is 9.88. The Labute approximate surface area is 107 Å². The highest BCUT2D eigenvalue weighted by Crippen LogP contribution is 2.34. The first-order valence-corrected chi connectivity index (χ1v) is 6.69. The molecule has 1 atom stereocenters. The molecule has 0 bridgehead atoms. The van der Waals surface area contributed by atoms with E-state index in [4.69, 9.17) is 4.74 Å². The largest absolute Gasteiger partial charge is 0.388 e. The van der Waals surface area contributed by atoms with E-state index in [0.717, 1.165) is 42.4 Å². The first-order chi connectivity index (χ1) is 8.77. The van der Waals surface area contributed by atoms with E-state index in [9.17, 15) is 9.90 Å². The molecule has 18 heavy (non-hydrogen) atoms. The summed E-state index contributed by atoms with van der Waals surface area (Å²) in [6.07, 6.45) is 2.83. The van der Waals surface area contributed by atoms with Crippen molar-refractivity contribution >= 4 is 5.78 Å². The molecule has 2 aliphatic rings. The van der Waals surface area contributed by atoms with Gasteiger partial charge in [0.05, 0.1) is 6.10 Å². The number of hydrogen-bond acceptors (Lipinski definition) is 3. The summed E-state index contributed by atoms with van der Waals surface area (Å²) in [7, 11) is 0. The van der Waals surface area contributed by atoms with Gasteiger partial charge in [-0.05, 0) is 36.8 Å². The Balaban J connectivity index is 1.90. The molecule has 0 spiro atoms. The smallest absolute Gasteiger partial charge is 0.166 e. The maximum Gasteiger partial charge on any atom is 0.166 e. The van der Waals surface area contributed by atoms with Crippen molar-refractivity contribution in [3.63, 3.8) is 0 Å². The summed E-state index contributed by atoms with van der Waals surface area (Å²) in [6.45, 7) is 1.38. The fourth-order valence-corrected chi connectivity index (χ4v) is 3.04. The van der Waals surface area contributed by atoms with Crippen LogP contribution in [0.1, 0.15) is 46.9 Å². The molecular formula is C15H18O3. The molecule has 0 aromatic heterocycles. The Morgan fingerprint density at radius 2 is 2.00 bits per heavy atom. The number of aliphatic hydroxyl groups is 1. The third-order valence-electron chi connectivity index (χ3n) is 4.10. The van der Waals surface area contributed by atoms with E-state index >= 15 is 0 Å². The summed E-state index contributed by atoms with van der Waals surface area (Å²) < 4.78 is 5.30. The van der Waals surface area contributed by atoms with E-state index in [1.807, 2.05) is 18.2 Å². The van der Waals surface area contributed by atoms with Gasteiger partial charge in [0.1, 0.15) is 0 Å². The van der Waals surface area contributed by atoms with Gasteiger partial charge in [-0.25, -0.2) is 0 Å². The van der Waals surface area contributed by atoms with Gasteiger partial charge in [-0.3, -0.25) is 4.79 Å². The third kappa shape index (κ3) is 1.98. The molecule has 1 fully saturated rings. The van der Waals surface area contributed by atoms with E-state index in [0.29, 0.717) is 13.2 Å². The first-order valence-electron chi connectivity index (χ1n) is 6.69. The molecule has 3 rings (SSSR count). The quantitative estimate of drug-likeness (QED) is 0.814. The molecule has 1 aromatic rings. The van der Waals surface area contributed by atoms with Crippen LogP contribution in [0.2, 0.25) is 0 Å². The summed E-state index contributed by atoms with van der Waals surface area (Å²) in [6, 6.07) is 5.74. The number of ketones is 1. The number of ether oxygens (including phenoxy) is 1. The summed E-state index contributed by atoms with van der Waals surface area (Å²) in [5, 5.41) is 9.87. The molecule has 1 aliphatic heterocycles. The molecule has 3 nitrogen and oxygen atoms in total. The highest BCUT2D eigenvalue weighted by Gasteiger charge is 2.29. The molecule has 3 heteroatoms. The van der Waals surface area contributed by atoms with Crippen molar-refractivity contribution in [3.8, 4) is 0 Å². The van der Waals surface area contributed by atoms with Crippen LogP contribution in [0.4, 0.5) is 0 Å². The Morgan fingerprint density at radius 3 is 2.78 bits per heavy atom. The highest BCUT2D eigenvalue weighted by atomic mass is 16.5. The zero-order valence-corrected chi connectivity index (χ0v) is 10.4. The number of carbonyl (C=O) groups is 1. The van der Waals surface area contributed by atoms with Crippen LogP contribution in [0.3, 0.4) is 0 Å². The molecular weight excluding hydrogens is 228 g/mol. The van der Waals surface area contributed by atoms with Crippen LogP contribution in [-0.2, 0) is 11.2 Å². The van der Waals surface area contributed by atoms with E-state index < -0.39 is 0 Å². The lowest BCUT2D eigenvalue weighted by molar-refractivity contribution is 0.0544. The zero-order valence-electron chi connectivity index (χ0n) is 10.4. The summed E-state index contributed by atoms with van der Waals surface area (Å²) >= 11 is 0. The van der Waals surface area contributed by atoms with Gasteiger partial charge in [-0.15, -0.1) is 0 Å². The minimum atomic E-state index is -0.387. The Kier molecular flexibility index (Phi) is 3.18. The maximum atomic E-state index is 12.5. The second-order valence-corrected chi connectivity index (χ2v) is 5.18. The van der Waals surface area contributed by atoms with Gasteiger partial charge in [-0.1, -0.05) is 18.2 Å². The summed E-state index contributed by atoms with van der Waals surface area (Å²) in [5.41, 5.74) is 2.85. The molecule has 0 amide bonds. The van der Waals surface area contributed by atoms with E-state index in [1.165, 1.54) is 0 Å². The van der Waals surface area contributed by atoms with Crippen molar-refractivity contribution < 1.29 is 14.6 Å². The van der Waals surface area contributed by atoms with Crippen molar-refractivity contribution in [1.29, 1.82) is 0 Å². The van der Waals surface area contributed by atoms with E-state index in [1.54, 1.807) is 0 Å². The monoisotopic (exact) mass is 246 g/mol. The van der Waals surface area contributed by atoms with Gasteiger partial charge in [0, 0.05) is 24.7 Å². The number of fused-ring (bicyclic) bond motifs is 1. The predicted molar refractivity (Wildman–Crippen MR) is 67.6 cm³/mol. The van der Waals surface area contributed by atoms with Crippen molar-refractivity contribution in [1.82, 2.24) is 0 Å². The molecule has 1 aromatic carbocycles. The second kappa shape index (κ2) is 4.82. The van der Waals surface area contributed by atoms with Crippen molar-refractivity contribution in [2.24, 2.45) is 5.92 Å². The number of hydrogen-bond donors (Lipinski definition) is 1. The topological polar surface area (TPSA) is 46.5 Å². The number of aliphatic hydroxyl groups excluding tert-OH is 1. The summed E-state index contributed by atoms with van der Waals surface area (Å²) in [5.74, 6) is 0.340. The van der Waals surface area contributed by atoms with Crippen LogP contribution < -0.4 is 0 Å². The minimum Gasteiger partial charge on any atom is -0.388 e. The van der Waals surface area contributed by atoms with Gasteiger partial charge in [-0.2, -0.15) is 0 Å². The Bertz CT molecular complexity index is 461. The SMILES string of the molecule is O=C(c1cccc2c1CCC2O)C1CCOCC1. The van der Waals surface area contributed by atoms with Crippen LogP contribution in [0.25, 0.3) is 0 Å². The van der Waals surface area contributed by atoms with Gasteiger partial charge in [0.2, 0.25) is 0 Å². The number of rotatable bonds is 2. The predicted octanol–water partition coefficient (Wildman–Crippen LogP) is 2.28. The normalized spacial score (nSPS) is 23.9. The molecule has 0 saturated carbocycles. The Morgan fingerprint density at radius 1 is 1.22 bits per heavy atom. The Hall–Kier alpha value is -1.19. The summed E-state index contributed by atoms with van der Waals surface area (Å²) in [4.78, 5) is 12.5.